The van der Waals surface area contributed by atoms with Gasteiger partial charge in [0.25, 0.3) is 0 Å². The van der Waals surface area contributed by atoms with Crippen LogP contribution >= 0.6 is 12.2 Å². The van der Waals surface area contributed by atoms with Gasteiger partial charge in [0.1, 0.15) is 23.7 Å². The summed E-state index contributed by atoms with van der Waals surface area (Å²) in [4.78, 5) is 0. The minimum Gasteiger partial charge on any atom is -0.497 e. The zero-order valence-electron chi connectivity index (χ0n) is 19.5. The minimum atomic E-state index is 0.429. The van der Waals surface area contributed by atoms with Crippen LogP contribution in [-0.2, 0) is 19.7 Å². The molecular weight excluding hydrogens is 446 g/mol. The fraction of sp³-hybridized carbons (Fsp3) is 0.269. The van der Waals surface area contributed by atoms with Gasteiger partial charge in [-0.25, -0.2) is 0 Å². The van der Waals surface area contributed by atoms with Crippen LogP contribution in [0.2, 0.25) is 0 Å². The van der Waals surface area contributed by atoms with Crippen molar-refractivity contribution in [2.45, 2.75) is 40.0 Å². The Kier molecular flexibility index (Phi) is 7.45. The summed E-state index contributed by atoms with van der Waals surface area (Å²) in [6.45, 7) is 5.38. The molecule has 2 heterocycles. The van der Waals surface area contributed by atoms with Gasteiger partial charge in [0, 0.05) is 6.42 Å². The summed E-state index contributed by atoms with van der Waals surface area (Å²) in [5.41, 5.74) is 3.73. The molecule has 0 amide bonds. The molecule has 0 aliphatic heterocycles. The average molecular weight is 474 g/mol. The van der Waals surface area contributed by atoms with Crippen LogP contribution in [0.3, 0.4) is 0 Å². The number of aromatic amines is 1. The van der Waals surface area contributed by atoms with Crippen LogP contribution in [0.25, 0.3) is 11.5 Å². The van der Waals surface area contributed by atoms with E-state index in [2.05, 4.69) is 22.0 Å². The number of methoxy groups -OCH3 is 1. The van der Waals surface area contributed by atoms with Crippen LogP contribution in [-0.4, -0.2) is 31.7 Å². The van der Waals surface area contributed by atoms with Crippen LogP contribution in [0.5, 0.6) is 11.5 Å². The molecule has 0 saturated carbocycles. The maximum absolute atomic E-state index is 6.30. The average Bonchev–Trinajstić information content (AvgIpc) is 3.37. The van der Waals surface area contributed by atoms with Crippen molar-refractivity contribution < 1.29 is 9.47 Å². The van der Waals surface area contributed by atoms with Gasteiger partial charge in [-0.1, -0.05) is 42.5 Å². The predicted molar refractivity (Wildman–Crippen MR) is 134 cm³/mol. The van der Waals surface area contributed by atoms with Crippen molar-refractivity contribution >= 4 is 12.2 Å². The Morgan fingerprint density at radius 2 is 1.82 bits per heavy atom. The lowest BCUT2D eigenvalue weighted by Crippen LogP contribution is -2.09. The van der Waals surface area contributed by atoms with E-state index >= 15 is 0 Å². The molecule has 0 aliphatic carbocycles. The number of aromatic nitrogens is 5. The standard InChI is InChI=1S/C26H27N5O2S/c1-4-5-9-16-31-23(24(19(2)29-31)33-18-21-10-7-6-8-11-21)25-27-28-26(34)30(25)17-20-12-14-22(32-3)15-13-20/h6-8,10-15H,9,16-18H2,1-3H3,(H,28,34). The van der Waals surface area contributed by atoms with Gasteiger partial charge in [0.15, 0.2) is 16.3 Å². The highest BCUT2D eigenvalue weighted by Gasteiger charge is 2.23. The number of hydrogen-bond donors (Lipinski definition) is 1. The first-order valence-electron chi connectivity index (χ1n) is 11.0. The van der Waals surface area contributed by atoms with Gasteiger partial charge in [-0.15, -0.1) is 11.8 Å². The molecule has 2 aromatic carbocycles. The summed E-state index contributed by atoms with van der Waals surface area (Å²) in [6.07, 6.45) is 0.673. The van der Waals surface area contributed by atoms with Gasteiger partial charge < -0.3 is 9.47 Å². The van der Waals surface area contributed by atoms with E-state index in [4.69, 9.17) is 26.8 Å². The molecule has 4 aromatic rings. The molecular formula is C26H27N5O2S. The Morgan fingerprint density at radius 1 is 1.06 bits per heavy atom. The molecule has 8 heteroatoms. The maximum Gasteiger partial charge on any atom is 0.195 e. The van der Waals surface area contributed by atoms with E-state index in [9.17, 15) is 0 Å². The second kappa shape index (κ2) is 10.9. The SMILES string of the molecule is CC#CCCn1nc(C)c(OCc2ccccc2)c1-c1n[nH]c(=S)n1Cc1ccc(OC)cc1. The van der Waals surface area contributed by atoms with Crippen LogP contribution < -0.4 is 9.47 Å². The Bertz CT molecular complexity index is 1360. The van der Waals surface area contributed by atoms with Gasteiger partial charge >= 0.3 is 0 Å². The monoisotopic (exact) mass is 473 g/mol. The third-order valence-corrected chi connectivity index (χ3v) is 5.71. The maximum atomic E-state index is 6.30. The zero-order valence-corrected chi connectivity index (χ0v) is 20.4. The van der Waals surface area contributed by atoms with Gasteiger partial charge in [0.2, 0.25) is 0 Å². The second-order valence-corrected chi connectivity index (χ2v) is 8.11. The third-order valence-electron chi connectivity index (χ3n) is 5.39. The molecule has 0 bridgehead atoms. The van der Waals surface area contributed by atoms with E-state index < -0.39 is 0 Å². The number of aryl methyl sites for hydroxylation is 2. The number of nitrogens with one attached hydrogen (secondary N) is 1. The molecule has 0 atom stereocenters. The van der Waals surface area contributed by atoms with Crippen molar-refractivity contribution in [3.63, 3.8) is 0 Å². The molecule has 34 heavy (non-hydrogen) atoms. The Balaban J connectivity index is 1.73. The van der Waals surface area contributed by atoms with Gasteiger partial charge in [0.05, 0.1) is 20.2 Å². The molecule has 174 valence electrons. The Labute approximate surface area is 204 Å². The van der Waals surface area contributed by atoms with Crippen LogP contribution in [0.4, 0.5) is 0 Å². The van der Waals surface area contributed by atoms with E-state index in [0.717, 1.165) is 28.3 Å². The van der Waals surface area contributed by atoms with E-state index in [1.807, 2.05) is 77.7 Å². The largest absolute Gasteiger partial charge is 0.497 e. The molecule has 0 radical (unpaired) electrons. The van der Waals surface area contributed by atoms with Crippen molar-refractivity contribution in [2.75, 3.05) is 7.11 Å². The molecule has 0 saturated heterocycles. The van der Waals surface area contributed by atoms with Crippen LogP contribution in [0.15, 0.2) is 54.6 Å². The predicted octanol–water partition coefficient (Wildman–Crippen LogP) is 5.16. The fourth-order valence-electron chi connectivity index (χ4n) is 3.69. The Morgan fingerprint density at radius 3 is 2.53 bits per heavy atom. The first-order valence-corrected chi connectivity index (χ1v) is 11.4. The molecule has 1 N–H and O–H groups in total. The normalized spacial score (nSPS) is 10.6. The molecule has 7 nitrogen and oxygen atoms in total. The quantitative estimate of drug-likeness (QED) is 0.269. The number of nitrogens with zero attached hydrogens (tertiary/aromatic N) is 4. The van der Waals surface area contributed by atoms with Crippen molar-refractivity contribution in [3.8, 4) is 34.9 Å². The summed E-state index contributed by atoms with van der Waals surface area (Å²) in [6, 6.07) is 18.0. The van der Waals surface area contributed by atoms with Crippen molar-refractivity contribution in [2.24, 2.45) is 0 Å². The first kappa shape index (κ1) is 23.3. The fourth-order valence-corrected chi connectivity index (χ4v) is 3.89. The Hall–Kier alpha value is -3.83. The molecule has 0 fully saturated rings. The van der Waals surface area contributed by atoms with Gasteiger partial charge in [-0.3, -0.25) is 14.3 Å². The second-order valence-electron chi connectivity index (χ2n) is 7.72. The third kappa shape index (κ3) is 5.21. The summed E-state index contributed by atoms with van der Waals surface area (Å²) in [7, 11) is 1.66. The van der Waals surface area contributed by atoms with Gasteiger partial charge in [-0.05, 0) is 49.3 Å². The molecule has 0 unspecified atom stereocenters. The highest BCUT2D eigenvalue weighted by molar-refractivity contribution is 7.71. The first-order chi connectivity index (χ1) is 16.6. The van der Waals surface area contributed by atoms with E-state index in [1.54, 1.807) is 7.11 Å². The van der Waals surface area contributed by atoms with Crippen molar-refractivity contribution in [1.82, 2.24) is 24.5 Å². The lowest BCUT2D eigenvalue weighted by molar-refractivity contribution is 0.305. The highest BCUT2D eigenvalue weighted by Crippen LogP contribution is 2.33. The van der Waals surface area contributed by atoms with E-state index in [0.29, 0.717) is 42.5 Å². The summed E-state index contributed by atoms with van der Waals surface area (Å²) < 4.78 is 16.0. The minimum absolute atomic E-state index is 0.429. The number of benzene rings is 2. The summed E-state index contributed by atoms with van der Waals surface area (Å²) in [5.74, 6) is 8.24. The number of ether oxygens (including phenoxy) is 2. The zero-order chi connectivity index (χ0) is 23.9. The van der Waals surface area contributed by atoms with Gasteiger partial charge in [-0.2, -0.15) is 10.2 Å². The van der Waals surface area contributed by atoms with Crippen molar-refractivity contribution in [1.29, 1.82) is 0 Å². The highest BCUT2D eigenvalue weighted by atomic mass is 32.1. The number of hydrogen-bond acceptors (Lipinski definition) is 5. The number of H-pyrrole nitrogens is 1. The van der Waals surface area contributed by atoms with E-state index in [1.165, 1.54) is 0 Å². The summed E-state index contributed by atoms with van der Waals surface area (Å²) in [5, 5.41) is 12.3. The van der Waals surface area contributed by atoms with Crippen LogP contribution in [0.1, 0.15) is 30.2 Å². The molecule has 2 aromatic heterocycles. The molecule has 0 aliphatic rings. The lowest BCUT2D eigenvalue weighted by Gasteiger charge is -2.12. The number of rotatable bonds is 9. The molecule has 4 rings (SSSR count). The van der Waals surface area contributed by atoms with E-state index in [-0.39, 0.29) is 0 Å². The van der Waals surface area contributed by atoms with Crippen molar-refractivity contribution in [3.05, 3.63) is 76.2 Å². The smallest absolute Gasteiger partial charge is 0.195 e. The lowest BCUT2D eigenvalue weighted by atomic mass is 10.2. The topological polar surface area (TPSA) is 69.9 Å². The van der Waals surface area contributed by atoms with Crippen LogP contribution in [0, 0.1) is 23.5 Å². The molecule has 0 spiro atoms. The summed E-state index contributed by atoms with van der Waals surface area (Å²) >= 11 is 5.59.